The van der Waals surface area contributed by atoms with Crippen molar-refractivity contribution < 1.29 is 13.5 Å². The molecule has 0 bridgehead atoms. The van der Waals surface area contributed by atoms with E-state index in [0.717, 1.165) is 0 Å². The molecule has 0 amide bonds. The Hall–Kier alpha value is -1.60. The summed E-state index contributed by atoms with van der Waals surface area (Å²) in [6.45, 7) is 1.87. The van der Waals surface area contributed by atoms with E-state index < -0.39 is 11.6 Å². The summed E-state index contributed by atoms with van der Waals surface area (Å²) in [6, 6.07) is 2.32. The molecule has 0 spiro atoms. The van der Waals surface area contributed by atoms with Crippen LogP contribution in [-0.4, -0.2) is 12.6 Å². The van der Waals surface area contributed by atoms with E-state index >= 15 is 0 Å². The van der Waals surface area contributed by atoms with E-state index in [-0.39, 0.29) is 18.4 Å². The molecule has 1 aromatic carbocycles. The van der Waals surface area contributed by atoms with Gasteiger partial charge >= 0.3 is 0 Å². The van der Waals surface area contributed by atoms with Crippen LogP contribution in [0.25, 0.3) is 0 Å². The van der Waals surface area contributed by atoms with Crippen LogP contribution in [0.5, 0.6) is 5.75 Å². The summed E-state index contributed by atoms with van der Waals surface area (Å²) in [4.78, 5) is 0. The van der Waals surface area contributed by atoms with E-state index in [2.05, 4.69) is 5.92 Å². The van der Waals surface area contributed by atoms with Gasteiger partial charge in [0.05, 0.1) is 6.61 Å². The molecule has 1 aromatic rings. The van der Waals surface area contributed by atoms with Crippen molar-refractivity contribution in [3.8, 4) is 18.1 Å². The first kappa shape index (κ1) is 13.5. The molecule has 0 heterocycles. The van der Waals surface area contributed by atoms with Gasteiger partial charge in [0.2, 0.25) is 0 Å². The molecule has 0 saturated heterocycles. The first-order chi connectivity index (χ1) is 8.04. The Balaban J connectivity index is 2.83. The van der Waals surface area contributed by atoms with Crippen LogP contribution in [0, 0.1) is 24.0 Å². The minimum Gasteiger partial charge on any atom is -0.487 e. The van der Waals surface area contributed by atoms with Crippen LogP contribution in [0.15, 0.2) is 12.1 Å². The lowest BCUT2D eigenvalue weighted by molar-refractivity contribution is 0.292. The van der Waals surface area contributed by atoms with Crippen LogP contribution >= 0.6 is 0 Å². The van der Waals surface area contributed by atoms with Gasteiger partial charge < -0.3 is 10.5 Å². The van der Waals surface area contributed by atoms with Gasteiger partial charge in [-0.05, 0) is 31.0 Å². The molecule has 0 radical (unpaired) electrons. The van der Waals surface area contributed by atoms with Crippen molar-refractivity contribution in [3.63, 3.8) is 0 Å². The van der Waals surface area contributed by atoms with Crippen LogP contribution in [0.3, 0.4) is 0 Å². The predicted octanol–water partition coefficient (Wildman–Crippen LogP) is 2.26. The lowest BCUT2D eigenvalue weighted by Gasteiger charge is -2.10. The summed E-state index contributed by atoms with van der Waals surface area (Å²) in [7, 11) is 0. The van der Waals surface area contributed by atoms with E-state index in [0.29, 0.717) is 18.4 Å². The molecule has 4 heteroatoms. The van der Waals surface area contributed by atoms with Crippen LogP contribution in [0.2, 0.25) is 0 Å². The monoisotopic (exact) mass is 239 g/mol. The number of halogens is 2. The molecule has 92 valence electrons. The Morgan fingerprint density at radius 3 is 2.47 bits per heavy atom. The first-order valence-corrected chi connectivity index (χ1v) is 5.34. The van der Waals surface area contributed by atoms with Crippen LogP contribution in [0.1, 0.15) is 18.9 Å². The van der Waals surface area contributed by atoms with Gasteiger partial charge in [0.25, 0.3) is 0 Å². The third-order valence-corrected chi connectivity index (χ3v) is 2.11. The second-order valence-electron chi connectivity index (χ2n) is 3.87. The van der Waals surface area contributed by atoms with E-state index in [1.165, 1.54) is 12.1 Å². The minimum absolute atomic E-state index is 0.0942. The fourth-order valence-electron chi connectivity index (χ4n) is 1.45. The Labute approximate surface area is 99.8 Å². The topological polar surface area (TPSA) is 35.2 Å². The maximum absolute atomic E-state index is 13.5. The average molecular weight is 239 g/mol. The number of nitrogens with two attached hydrogens (primary N) is 1. The van der Waals surface area contributed by atoms with Crippen molar-refractivity contribution in [1.82, 2.24) is 0 Å². The molecule has 0 fully saturated rings. The highest BCUT2D eigenvalue weighted by atomic mass is 19.1. The third kappa shape index (κ3) is 4.04. The van der Waals surface area contributed by atoms with Crippen molar-refractivity contribution in [2.75, 3.05) is 6.61 Å². The Morgan fingerprint density at radius 2 is 2.00 bits per heavy atom. The smallest absolute Gasteiger partial charge is 0.190 e. The summed E-state index contributed by atoms with van der Waals surface area (Å²) in [5.74, 6) is 0.498. The quantitative estimate of drug-likeness (QED) is 0.632. The molecule has 0 aliphatic carbocycles. The molecular formula is C13H15F2NO. The van der Waals surface area contributed by atoms with Crippen molar-refractivity contribution in [1.29, 1.82) is 0 Å². The molecule has 0 aliphatic heterocycles. The van der Waals surface area contributed by atoms with Crippen LogP contribution < -0.4 is 10.5 Å². The summed E-state index contributed by atoms with van der Waals surface area (Å²) < 4.78 is 32.0. The van der Waals surface area contributed by atoms with Crippen molar-refractivity contribution >= 4 is 0 Å². The zero-order valence-electron chi connectivity index (χ0n) is 9.67. The second-order valence-corrected chi connectivity index (χ2v) is 3.87. The predicted molar refractivity (Wildman–Crippen MR) is 62.7 cm³/mol. The highest BCUT2D eigenvalue weighted by Gasteiger charge is 2.13. The number of ether oxygens (including phenoxy) is 1. The van der Waals surface area contributed by atoms with E-state index in [9.17, 15) is 8.78 Å². The molecule has 0 saturated carbocycles. The largest absolute Gasteiger partial charge is 0.487 e. The first-order valence-electron chi connectivity index (χ1n) is 5.34. The summed E-state index contributed by atoms with van der Waals surface area (Å²) >= 11 is 0. The lowest BCUT2D eigenvalue weighted by atomic mass is 10.1. The fourth-order valence-corrected chi connectivity index (χ4v) is 1.45. The van der Waals surface area contributed by atoms with Gasteiger partial charge in [0.1, 0.15) is 0 Å². The minimum atomic E-state index is -0.724. The van der Waals surface area contributed by atoms with Gasteiger partial charge in [0.15, 0.2) is 17.4 Å². The number of hydrogen-bond donors (Lipinski definition) is 1. The Kier molecular flexibility index (Phi) is 4.92. The molecule has 17 heavy (non-hydrogen) atoms. The van der Waals surface area contributed by atoms with E-state index in [1.54, 1.807) is 6.92 Å². The molecule has 1 rings (SSSR count). The normalized spacial score (nSPS) is 11.9. The molecule has 1 atom stereocenters. The van der Waals surface area contributed by atoms with Gasteiger partial charge in [-0.25, -0.2) is 8.78 Å². The Morgan fingerprint density at radius 1 is 1.41 bits per heavy atom. The summed E-state index contributed by atoms with van der Waals surface area (Å²) in [6.07, 6.45) is 5.74. The van der Waals surface area contributed by atoms with Crippen molar-refractivity contribution in [3.05, 3.63) is 29.3 Å². The van der Waals surface area contributed by atoms with Crippen molar-refractivity contribution in [2.24, 2.45) is 5.73 Å². The van der Waals surface area contributed by atoms with Crippen LogP contribution in [0.4, 0.5) is 8.78 Å². The van der Waals surface area contributed by atoms with E-state index in [1.807, 2.05) is 0 Å². The Bertz CT molecular complexity index is 401. The SMILES string of the molecule is C#CCCOc1c(F)cc(CC(C)N)cc1F. The second kappa shape index (κ2) is 6.21. The molecule has 2 N–H and O–H groups in total. The van der Waals surface area contributed by atoms with Crippen LogP contribution in [-0.2, 0) is 6.42 Å². The highest BCUT2D eigenvalue weighted by molar-refractivity contribution is 5.31. The zero-order valence-corrected chi connectivity index (χ0v) is 9.67. The number of terminal acetylenes is 1. The summed E-state index contributed by atoms with van der Waals surface area (Å²) in [5.41, 5.74) is 6.08. The third-order valence-electron chi connectivity index (χ3n) is 2.11. The van der Waals surface area contributed by atoms with Crippen molar-refractivity contribution in [2.45, 2.75) is 25.8 Å². The fraction of sp³-hybridized carbons (Fsp3) is 0.385. The molecule has 2 nitrogen and oxygen atoms in total. The van der Waals surface area contributed by atoms with E-state index in [4.69, 9.17) is 16.9 Å². The standard InChI is InChI=1S/C13H15F2NO/c1-3-4-5-17-13-11(14)7-10(6-9(2)16)8-12(13)15/h1,7-9H,4-6,16H2,2H3. The number of benzene rings is 1. The number of rotatable bonds is 5. The molecular weight excluding hydrogens is 224 g/mol. The molecule has 1 unspecified atom stereocenters. The van der Waals surface area contributed by atoms with Gasteiger partial charge in [-0.15, -0.1) is 12.3 Å². The zero-order chi connectivity index (χ0) is 12.8. The van der Waals surface area contributed by atoms with Gasteiger partial charge in [-0.2, -0.15) is 0 Å². The highest BCUT2D eigenvalue weighted by Crippen LogP contribution is 2.24. The van der Waals surface area contributed by atoms with Gasteiger partial charge in [-0.1, -0.05) is 0 Å². The van der Waals surface area contributed by atoms with Gasteiger partial charge in [0, 0.05) is 12.5 Å². The maximum Gasteiger partial charge on any atom is 0.190 e. The maximum atomic E-state index is 13.5. The summed E-state index contributed by atoms with van der Waals surface area (Å²) in [5, 5.41) is 0. The molecule has 0 aromatic heterocycles. The lowest BCUT2D eigenvalue weighted by Crippen LogP contribution is -2.18. The molecule has 0 aliphatic rings. The number of hydrogen-bond acceptors (Lipinski definition) is 2. The average Bonchev–Trinajstić information content (AvgIpc) is 2.21. The van der Waals surface area contributed by atoms with Gasteiger partial charge in [-0.3, -0.25) is 0 Å².